The molecule has 25 heavy (non-hydrogen) atoms. The van der Waals surface area contributed by atoms with Gasteiger partial charge in [0.25, 0.3) is 0 Å². The molecule has 130 valence electrons. The molecule has 0 aliphatic carbocycles. The lowest BCUT2D eigenvalue weighted by Crippen LogP contribution is -2.48. The van der Waals surface area contributed by atoms with Crippen LogP contribution >= 0.6 is 0 Å². The molecule has 2 bridgehead atoms. The average molecular weight is 339 g/mol. The molecule has 2 aromatic rings. The molecule has 2 heterocycles. The normalized spacial score (nSPS) is 23.4. The van der Waals surface area contributed by atoms with Gasteiger partial charge in [-0.15, -0.1) is 0 Å². The Morgan fingerprint density at radius 2 is 1.76 bits per heavy atom. The van der Waals surface area contributed by atoms with Crippen molar-refractivity contribution in [1.82, 2.24) is 4.90 Å². The van der Waals surface area contributed by atoms with E-state index in [0.717, 1.165) is 24.9 Å². The number of rotatable bonds is 4. The lowest BCUT2D eigenvalue weighted by atomic mass is 9.83. The van der Waals surface area contributed by atoms with Gasteiger partial charge in [-0.1, -0.05) is 54.5 Å². The highest BCUT2D eigenvalue weighted by molar-refractivity contribution is 5.27. The van der Waals surface area contributed by atoms with Crippen molar-refractivity contribution in [2.24, 2.45) is 0 Å². The SMILES string of the molecule is Fc1ccc(CC2=CC3CCCC(C2)N3Cc2ccccc2)cc1F. The smallest absolute Gasteiger partial charge is 0.159 e. The summed E-state index contributed by atoms with van der Waals surface area (Å²) in [7, 11) is 0. The summed E-state index contributed by atoms with van der Waals surface area (Å²) in [5.41, 5.74) is 3.58. The molecular weight excluding hydrogens is 316 g/mol. The van der Waals surface area contributed by atoms with Crippen molar-refractivity contribution in [3.8, 4) is 0 Å². The summed E-state index contributed by atoms with van der Waals surface area (Å²) in [4.78, 5) is 2.62. The maximum Gasteiger partial charge on any atom is 0.159 e. The monoisotopic (exact) mass is 339 g/mol. The van der Waals surface area contributed by atoms with Crippen LogP contribution in [0.5, 0.6) is 0 Å². The summed E-state index contributed by atoms with van der Waals surface area (Å²) in [6.45, 7) is 0.991. The van der Waals surface area contributed by atoms with Crippen LogP contribution in [0.15, 0.2) is 60.2 Å². The molecular formula is C22H23F2N. The minimum absolute atomic E-state index is 0.466. The van der Waals surface area contributed by atoms with E-state index in [9.17, 15) is 8.78 Å². The summed E-state index contributed by atoms with van der Waals surface area (Å²) >= 11 is 0. The Kier molecular flexibility index (Phi) is 4.67. The largest absolute Gasteiger partial charge is 0.289 e. The summed E-state index contributed by atoms with van der Waals surface area (Å²) in [6, 6.07) is 15.9. The predicted octanol–water partition coefficient (Wildman–Crippen LogP) is 5.26. The first-order valence-corrected chi connectivity index (χ1v) is 9.12. The fourth-order valence-electron chi connectivity index (χ4n) is 4.29. The van der Waals surface area contributed by atoms with Crippen molar-refractivity contribution in [2.45, 2.75) is 50.7 Å². The second-order valence-corrected chi connectivity index (χ2v) is 7.26. The van der Waals surface area contributed by atoms with E-state index in [1.807, 2.05) is 0 Å². The lowest BCUT2D eigenvalue weighted by molar-refractivity contribution is 0.0880. The molecule has 3 heteroatoms. The van der Waals surface area contributed by atoms with Gasteiger partial charge in [0.15, 0.2) is 11.6 Å². The first-order valence-electron chi connectivity index (χ1n) is 9.12. The van der Waals surface area contributed by atoms with Crippen LogP contribution in [0, 0.1) is 11.6 Å². The minimum atomic E-state index is -0.771. The summed E-state index contributed by atoms with van der Waals surface area (Å²) in [5, 5.41) is 0. The standard InChI is InChI=1S/C22H23F2N/c23-21-10-9-17(14-22(21)24)11-18-12-19-7-4-8-20(13-18)25(19)15-16-5-2-1-3-6-16/h1-3,5-6,9-10,12,14,19-20H,4,7-8,11,13,15H2. The third-order valence-corrected chi connectivity index (χ3v) is 5.48. The molecule has 0 amide bonds. The molecule has 0 saturated carbocycles. The zero-order valence-electron chi connectivity index (χ0n) is 14.3. The molecule has 2 aliphatic heterocycles. The molecule has 0 aromatic heterocycles. The highest BCUT2D eigenvalue weighted by Crippen LogP contribution is 2.35. The highest BCUT2D eigenvalue weighted by Gasteiger charge is 2.33. The van der Waals surface area contributed by atoms with Gasteiger partial charge in [0.05, 0.1) is 0 Å². The summed E-state index contributed by atoms with van der Waals surface area (Å²) in [6.07, 6.45) is 7.81. The molecule has 2 aliphatic rings. The van der Waals surface area contributed by atoms with Crippen LogP contribution in [0.4, 0.5) is 8.78 Å². The van der Waals surface area contributed by atoms with Gasteiger partial charge < -0.3 is 0 Å². The zero-order chi connectivity index (χ0) is 17.2. The van der Waals surface area contributed by atoms with Crippen LogP contribution in [0.2, 0.25) is 0 Å². The van der Waals surface area contributed by atoms with Crippen molar-refractivity contribution in [1.29, 1.82) is 0 Å². The molecule has 1 saturated heterocycles. The average Bonchev–Trinajstić information content (AvgIpc) is 2.60. The van der Waals surface area contributed by atoms with Crippen molar-refractivity contribution in [3.63, 3.8) is 0 Å². The lowest BCUT2D eigenvalue weighted by Gasteiger charge is -2.45. The number of halogens is 2. The topological polar surface area (TPSA) is 3.24 Å². The van der Waals surface area contributed by atoms with E-state index in [2.05, 4.69) is 41.3 Å². The Bertz CT molecular complexity index is 769. The van der Waals surface area contributed by atoms with Gasteiger partial charge in [0.1, 0.15) is 0 Å². The first-order chi connectivity index (χ1) is 12.2. The van der Waals surface area contributed by atoms with Crippen molar-refractivity contribution >= 4 is 0 Å². The van der Waals surface area contributed by atoms with Gasteiger partial charge >= 0.3 is 0 Å². The fourth-order valence-corrected chi connectivity index (χ4v) is 4.29. The third kappa shape index (κ3) is 3.67. The van der Waals surface area contributed by atoms with E-state index in [1.54, 1.807) is 6.07 Å². The maximum atomic E-state index is 13.5. The van der Waals surface area contributed by atoms with Crippen LogP contribution in [0.3, 0.4) is 0 Å². The van der Waals surface area contributed by atoms with Crippen molar-refractivity contribution < 1.29 is 8.78 Å². The number of nitrogens with zero attached hydrogens (tertiary/aromatic N) is 1. The Hall–Kier alpha value is -2.00. The highest BCUT2D eigenvalue weighted by atomic mass is 19.2. The number of benzene rings is 2. The molecule has 1 nitrogen and oxygen atoms in total. The first kappa shape index (κ1) is 16.5. The third-order valence-electron chi connectivity index (χ3n) is 5.48. The van der Waals surface area contributed by atoms with Gasteiger partial charge in [-0.2, -0.15) is 0 Å². The second kappa shape index (κ2) is 7.09. The summed E-state index contributed by atoms with van der Waals surface area (Å²) < 4.78 is 26.6. The Labute approximate surface area is 148 Å². The Morgan fingerprint density at radius 1 is 0.920 bits per heavy atom. The molecule has 2 atom stereocenters. The minimum Gasteiger partial charge on any atom is -0.289 e. The number of fused-ring (bicyclic) bond motifs is 2. The van der Waals surface area contributed by atoms with E-state index < -0.39 is 11.6 Å². The number of piperidine rings is 1. The molecule has 4 rings (SSSR count). The zero-order valence-corrected chi connectivity index (χ0v) is 14.3. The van der Waals surface area contributed by atoms with E-state index in [-0.39, 0.29) is 0 Å². The predicted molar refractivity (Wildman–Crippen MR) is 96.2 cm³/mol. The molecule has 0 radical (unpaired) electrons. The molecule has 1 fully saturated rings. The second-order valence-electron chi connectivity index (χ2n) is 7.26. The molecule has 2 unspecified atom stereocenters. The van der Waals surface area contributed by atoms with E-state index >= 15 is 0 Å². The van der Waals surface area contributed by atoms with Gasteiger partial charge in [0, 0.05) is 18.6 Å². The fraction of sp³-hybridized carbons (Fsp3) is 0.364. The van der Waals surface area contributed by atoms with Crippen LogP contribution < -0.4 is 0 Å². The van der Waals surface area contributed by atoms with E-state index in [1.165, 1.54) is 42.5 Å². The molecule has 0 spiro atoms. The van der Waals surface area contributed by atoms with E-state index in [0.29, 0.717) is 12.1 Å². The van der Waals surface area contributed by atoms with Gasteiger partial charge in [-0.05, 0) is 48.9 Å². The van der Waals surface area contributed by atoms with Crippen molar-refractivity contribution in [2.75, 3.05) is 0 Å². The van der Waals surface area contributed by atoms with Crippen LogP contribution in [-0.4, -0.2) is 17.0 Å². The Balaban J connectivity index is 1.51. The number of hydrogen-bond donors (Lipinski definition) is 0. The van der Waals surface area contributed by atoms with Crippen LogP contribution in [0.25, 0.3) is 0 Å². The molecule has 0 N–H and O–H groups in total. The molecule has 2 aromatic carbocycles. The summed E-state index contributed by atoms with van der Waals surface area (Å²) in [5.74, 6) is -1.52. The van der Waals surface area contributed by atoms with Gasteiger partial charge in [-0.3, -0.25) is 4.90 Å². The van der Waals surface area contributed by atoms with Crippen LogP contribution in [0.1, 0.15) is 36.8 Å². The van der Waals surface area contributed by atoms with Crippen molar-refractivity contribution in [3.05, 3.63) is 82.9 Å². The van der Waals surface area contributed by atoms with E-state index in [4.69, 9.17) is 0 Å². The van der Waals surface area contributed by atoms with Gasteiger partial charge in [-0.25, -0.2) is 8.78 Å². The maximum absolute atomic E-state index is 13.5. The number of hydrogen-bond acceptors (Lipinski definition) is 1. The van der Waals surface area contributed by atoms with Gasteiger partial charge in [0.2, 0.25) is 0 Å². The van der Waals surface area contributed by atoms with Crippen LogP contribution in [-0.2, 0) is 13.0 Å². The quantitative estimate of drug-likeness (QED) is 0.687. The Morgan fingerprint density at radius 3 is 2.52 bits per heavy atom.